The first-order chi connectivity index (χ1) is 7.13. The minimum Gasteiger partial charge on any atom is -0.343 e. The molecule has 2 N–H and O–H groups in total. The van der Waals surface area contributed by atoms with Gasteiger partial charge < -0.3 is 10.6 Å². The van der Waals surface area contributed by atoms with Crippen molar-refractivity contribution < 1.29 is 4.79 Å². The Labute approximate surface area is 93.0 Å². The van der Waals surface area contributed by atoms with Gasteiger partial charge in [-0.25, -0.2) is 0 Å². The molecule has 1 saturated carbocycles. The van der Waals surface area contributed by atoms with Gasteiger partial charge in [0.2, 0.25) is 5.91 Å². The lowest BCUT2D eigenvalue weighted by molar-refractivity contribution is -0.131. The fraction of sp³-hybridized carbons (Fsp3) is 0.917. The van der Waals surface area contributed by atoms with Gasteiger partial charge in [-0.3, -0.25) is 4.79 Å². The van der Waals surface area contributed by atoms with Gasteiger partial charge in [0.25, 0.3) is 0 Å². The van der Waals surface area contributed by atoms with Crippen LogP contribution in [0.25, 0.3) is 0 Å². The summed E-state index contributed by atoms with van der Waals surface area (Å²) >= 11 is 0. The second-order valence-electron chi connectivity index (χ2n) is 4.75. The zero-order chi connectivity index (χ0) is 11.3. The van der Waals surface area contributed by atoms with E-state index in [2.05, 4.69) is 6.92 Å². The highest BCUT2D eigenvalue weighted by molar-refractivity contribution is 5.76. The number of nitrogens with zero attached hydrogens (tertiary/aromatic N) is 1. The fourth-order valence-corrected chi connectivity index (χ4v) is 1.75. The standard InChI is InChI=1S/C12H24N2O/c1-3-14(9-11-7-8-11)12(15)6-4-5-10(2)13/h10-11H,3-9,13H2,1-2H3. The molecular weight excluding hydrogens is 188 g/mol. The van der Waals surface area contributed by atoms with Gasteiger partial charge in [0.15, 0.2) is 0 Å². The SMILES string of the molecule is CCN(CC1CC1)C(=O)CCCC(C)N. The first-order valence-electron chi connectivity index (χ1n) is 6.16. The van der Waals surface area contributed by atoms with Crippen LogP contribution in [0.4, 0.5) is 0 Å². The van der Waals surface area contributed by atoms with E-state index in [9.17, 15) is 4.79 Å². The summed E-state index contributed by atoms with van der Waals surface area (Å²) in [5.74, 6) is 1.10. The van der Waals surface area contributed by atoms with E-state index in [0.29, 0.717) is 12.3 Å². The molecule has 1 amide bonds. The van der Waals surface area contributed by atoms with Crippen LogP contribution in [0.3, 0.4) is 0 Å². The van der Waals surface area contributed by atoms with Gasteiger partial charge in [-0.05, 0) is 45.4 Å². The van der Waals surface area contributed by atoms with Gasteiger partial charge in [0.1, 0.15) is 0 Å². The van der Waals surface area contributed by atoms with Crippen molar-refractivity contribution in [1.29, 1.82) is 0 Å². The molecule has 0 aromatic carbocycles. The summed E-state index contributed by atoms with van der Waals surface area (Å²) in [6.45, 7) is 5.89. The van der Waals surface area contributed by atoms with Crippen LogP contribution < -0.4 is 5.73 Å². The summed E-state index contributed by atoms with van der Waals surface area (Å²) in [5, 5.41) is 0. The maximum Gasteiger partial charge on any atom is 0.222 e. The molecule has 1 atom stereocenters. The summed E-state index contributed by atoms with van der Waals surface area (Å²) in [5.41, 5.74) is 5.65. The second-order valence-corrected chi connectivity index (χ2v) is 4.75. The molecule has 1 fully saturated rings. The van der Waals surface area contributed by atoms with Crippen molar-refractivity contribution in [2.24, 2.45) is 11.7 Å². The summed E-state index contributed by atoms with van der Waals surface area (Å²) in [6, 6.07) is 0.219. The van der Waals surface area contributed by atoms with Crippen molar-refractivity contribution in [2.45, 2.75) is 52.0 Å². The molecule has 0 aliphatic heterocycles. The zero-order valence-electron chi connectivity index (χ0n) is 10.0. The summed E-state index contributed by atoms with van der Waals surface area (Å²) in [7, 11) is 0. The first kappa shape index (κ1) is 12.5. The third-order valence-electron chi connectivity index (χ3n) is 2.96. The molecule has 1 aliphatic rings. The van der Waals surface area contributed by atoms with Crippen LogP contribution in [0.2, 0.25) is 0 Å². The smallest absolute Gasteiger partial charge is 0.222 e. The zero-order valence-corrected chi connectivity index (χ0v) is 10.0. The summed E-state index contributed by atoms with van der Waals surface area (Å²) < 4.78 is 0. The topological polar surface area (TPSA) is 46.3 Å². The van der Waals surface area contributed by atoms with Crippen LogP contribution in [-0.2, 0) is 4.79 Å². The summed E-state index contributed by atoms with van der Waals surface area (Å²) in [4.78, 5) is 13.8. The highest BCUT2D eigenvalue weighted by Crippen LogP contribution is 2.29. The molecule has 1 aliphatic carbocycles. The van der Waals surface area contributed by atoms with E-state index in [-0.39, 0.29) is 6.04 Å². The summed E-state index contributed by atoms with van der Waals surface area (Å²) in [6.07, 6.45) is 5.17. The molecule has 0 spiro atoms. The van der Waals surface area contributed by atoms with Crippen molar-refractivity contribution in [2.75, 3.05) is 13.1 Å². The lowest BCUT2D eigenvalue weighted by Gasteiger charge is -2.20. The normalized spacial score (nSPS) is 17.5. The third-order valence-corrected chi connectivity index (χ3v) is 2.96. The van der Waals surface area contributed by atoms with Crippen LogP contribution in [-0.4, -0.2) is 29.9 Å². The predicted molar refractivity (Wildman–Crippen MR) is 62.5 cm³/mol. The molecule has 15 heavy (non-hydrogen) atoms. The molecule has 1 rings (SSSR count). The molecular formula is C12H24N2O. The minimum absolute atomic E-state index is 0.219. The van der Waals surface area contributed by atoms with Crippen molar-refractivity contribution in [3.63, 3.8) is 0 Å². The minimum atomic E-state index is 0.219. The molecule has 0 saturated heterocycles. The third kappa shape index (κ3) is 5.17. The quantitative estimate of drug-likeness (QED) is 0.699. The van der Waals surface area contributed by atoms with Crippen LogP contribution in [0.15, 0.2) is 0 Å². The number of hydrogen-bond acceptors (Lipinski definition) is 2. The highest BCUT2D eigenvalue weighted by Gasteiger charge is 2.25. The van der Waals surface area contributed by atoms with Crippen LogP contribution in [0.5, 0.6) is 0 Å². The van der Waals surface area contributed by atoms with Gasteiger partial charge in [-0.15, -0.1) is 0 Å². The lowest BCUT2D eigenvalue weighted by atomic mass is 10.1. The number of rotatable bonds is 7. The number of hydrogen-bond donors (Lipinski definition) is 1. The number of nitrogens with two attached hydrogens (primary N) is 1. The predicted octanol–water partition coefficient (Wildman–Crippen LogP) is 1.76. The van der Waals surface area contributed by atoms with Gasteiger partial charge >= 0.3 is 0 Å². The maximum absolute atomic E-state index is 11.8. The molecule has 0 aromatic heterocycles. The average Bonchev–Trinajstić information content (AvgIpc) is 2.96. The van der Waals surface area contributed by atoms with Crippen LogP contribution in [0, 0.1) is 5.92 Å². The van der Waals surface area contributed by atoms with Crippen LogP contribution in [0.1, 0.15) is 46.0 Å². The van der Waals surface area contributed by atoms with Crippen molar-refractivity contribution in [3.05, 3.63) is 0 Å². The van der Waals surface area contributed by atoms with Gasteiger partial charge in [0.05, 0.1) is 0 Å². The highest BCUT2D eigenvalue weighted by atomic mass is 16.2. The molecule has 3 heteroatoms. The molecule has 0 bridgehead atoms. The fourth-order valence-electron chi connectivity index (χ4n) is 1.75. The Morgan fingerprint density at radius 1 is 1.53 bits per heavy atom. The monoisotopic (exact) mass is 212 g/mol. The van der Waals surface area contributed by atoms with Gasteiger partial charge in [-0.2, -0.15) is 0 Å². The molecule has 0 radical (unpaired) electrons. The largest absolute Gasteiger partial charge is 0.343 e. The Bertz CT molecular complexity index is 200. The Kier molecular flexibility index (Phi) is 5.09. The lowest BCUT2D eigenvalue weighted by Crippen LogP contribution is -2.32. The van der Waals surface area contributed by atoms with Crippen molar-refractivity contribution in [1.82, 2.24) is 4.90 Å². The van der Waals surface area contributed by atoms with Crippen LogP contribution >= 0.6 is 0 Å². The molecule has 1 unspecified atom stereocenters. The average molecular weight is 212 g/mol. The Hall–Kier alpha value is -0.570. The number of carbonyl (C=O) groups excluding carboxylic acids is 1. The van der Waals surface area contributed by atoms with E-state index in [4.69, 9.17) is 5.73 Å². The van der Waals surface area contributed by atoms with Gasteiger partial charge in [-0.1, -0.05) is 0 Å². The molecule has 3 nitrogen and oxygen atoms in total. The van der Waals surface area contributed by atoms with E-state index < -0.39 is 0 Å². The Morgan fingerprint density at radius 2 is 2.20 bits per heavy atom. The Morgan fingerprint density at radius 3 is 2.67 bits per heavy atom. The number of amides is 1. The second kappa shape index (κ2) is 6.11. The van der Waals surface area contributed by atoms with E-state index >= 15 is 0 Å². The maximum atomic E-state index is 11.8. The van der Waals surface area contributed by atoms with E-state index in [1.807, 2.05) is 11.8 Å². The molecule has 0 heterocycles. The van der Waals surface area contributed by atoms with E-state index in [1.54, 1.807) is 0 Å². The Balaban J connectivity index is 2.16. The van der Waals surface area contributed by atoms with E-state index in [1.165, 1.54) is 12.8 Å². The van der Waals surface area contributed by atoms with Gasteiger partial charge in [0, 0.05) is 25.6 Å². The molecule has 0 aromatic rings. The van der Waals surface area contributed by atoms with Crippen molar-refractivity contribution >= 4 is 5.91 Å². The number of carbonyl (C=O) groups is 1. The molecule has 88 valence electrons. The van der Waals surface area contributed by atoms with Crippen molar-refractivity contribution in [3.8, 4) is 0 Å². The van der Waals surface area contributed by atoms with E-state index in [0.717, 1.165) is 31.8 Å². The first-order valence-corrected chi connectivity index (χ1v) is 6.16.